The van der Waals surface area contributed by atoms with Crippen LogP contribution in [0, 0.1) is 19.7 Å². The Kier molecular flexibility index (Phi) is 6.98. The number of hydrogen-bond acceptors (Lipinski definition) is 5. The van der Waals surface area contributed by atoms with Gasteiger partial charge in [-0.3, -0.25) is 14.4 Å². The fraction of sp³-hybridized carbons (Fsp3) is 0.333. The number of likely N-dealkylation sites (tertiary alicyclic amines) is 1. The van der Waals surface area contributed by atoms with Crippen LogP contribution in [-0.2, 0) is 19.8 Å². The zero-order valence-electron chi connectivity index (χ0n) is 21.7. The van der Waals surface area contributed by atoms with Gasteiger partial charge in [-0.05, 0) is 69.6 Å². The van der Waals surface area contributed by atoms with Gasteiger partial charge in [0.2, 0.25) is 0 Å². The van der Waals surface area contributed by atoms with Crippen molar-refractivity contribution in [3.05, 3.63) is 76.5 Å². The number of rotatable bonds is 6. The molecule has 0 radical (unpaired) electrons. The molecule has 0 saturated carbocycles. The largest absolute Gasteiger partial charge is 0.419 e. The molecule has 12 heteroatoms. The number of benzene rings is 2. The molecule has 204 valence electrons. The first-order valence-corrected chi connectivity index (χ1v) is 12.5. The van der Waals surface area contributed by atoms with Crippen LogP contribution in [0.4, 0.5) is 23.2 Å². The maximum atomic E-state index is 14.8. The summed E-state index contributed by atoms with van der Waals surface area (Å²) < 4.78 is 59.0. The Morgan fingerprint density at radius 3 is 2.51 bits per heavy atom. The summed E-state index contributed by atoms with van der Waals surface area (Å²) in [6.07, 6.45) is 0.327. The van der Waals surface area contributed by atoms with Gasteiger partial charge in [0.15, 0.2) is 0 Å². The van der Waals surface area contributed by atoms with Crippen LogP contribution in [0.25, 0.3) is 16.9 Å². The minimum Gasteiger partial charge on any atom is -0.322 e. The smallest absolute Gasteiger partial charge is 0.322 e. The van der Waals surface area contributed by atoms with Gasteiger partial charge in [0.25, 0.3) is 5.91 Å². The molecule has 1 fully saturated rings. The fourth-order valence-electron chi connectivity index (χ4n) is 4.72. The molecule has 0 unspecified atom stereocenters. The van der Waals surface area contributed by atoms with E-state index in [1.54, 1.807) is 35.3 Å². The summed E-state index contributed by atoms with van der Waals surface area (Å²) >= 11 is 0. The first-order chi connectivity index (χ1) is 18.5. The Balaban J connectivity index is 1.43. The van der Waals surface area contributed by atoms with Gasteiger partial charge in [0, 0.05) is 41.7 Å². The molecule has 0 bridgehead atoms. The molecule has 8 nitrogen and oxygen atoms in total. The van der Waals surface area contributed by atoms with Crippen molar-refractivity contribution in [3.8, 4) is 16.9 Å². The first kappa shape index (κ1) is 26.5. The number of aromatic nitrogens is 5. The highest BCUT2D eigenvalue weighted by molar-refractivity contribution is 6.04. The Morgan fingerprint density at radius 1 is 1.10 bits per heavy atom. The Bertz CT molecular complexity index is 1530. The molecular formula is C27H27F4N7O. The molecule has 1 aliphatic heterocycles. The first-order valence-electron chi connectivity index (χ1n) is 12.5. The number of alkyl halides is 3. The number of nitrogens with zero attached hydrogens (tertiary/aromatic N) is 6. The second-order valence-corrected chi connectivity index (χ2v) is 9.75. The maximum Gasteiger partial charge on any atom is 0.419 e. The van der Waals surface area contributed by atoms with Gasteiger partial charge in [-0.2, -0.15) is 18.3 Å². The number of carbonyl (C=O) groups is 1. The normalized spacial score (nSPS) is 14.2. The van der Waals surface area contributed by atoms with Crippen LogP contribution < -0.4 is 5.32 Å². The molecule has 1 amide bonds. The third-order valence-corrected chi connectivity index (χ3v) is 7.03. The van der Waals surface area contributed by atoms with Crippen LogP contribution in [0.5, 0.6) is 0 Å². The second kappa shape index (κ2) is 10.3. The molecule has 1 aliphatic rings. The van der Waals surface area contributed by atoms with Crippen LogP contribution >= 0.6 is 0 Å². The molecule has 2 aromatic carbocycles. The fourth-order valence-corrected chi connectivity index (χ4v) is 4.72. The summed E-state index contributed by atoms with van der Waals surface area (Å²) in [5, 5.41) is 15.2. The summed E-state index contributed by atoms with van der Waals surface area (Å²) in [6.45, 7) is 5.17. The van der Waals surface area contributed by atoms with Gasteiger partial charge >= 0.3 is 6.18 Å². The number of hydrogen-bond donors (Lipinski definition) is 1. The molecule has 0 spiro atoms. The van der Waals surface area contributed by atoms with Gasteiger partial charge in [0.1, 0.15) is 11.5 Å². The number of amides is 1. The lowest BCUT2D eigenvalue weighted by atomic mass is 10.1. The van der Waals surface area contributed by atoms with E-state index in [0.29, 0.717) is 30.5 Å². The highest BCUT2D eigenvalue weighted by atomic mass is 19.4. The van der Waals surface area contributed by atoms with Crippen LogP contribution in [0.1, 0.15) is 45.6 Å². The third-order valence-electron chi connectivity index (χ3n) is 7.03. The number of nitrogens with one attached hydrogen (secondary N) is 1. The SMILES string of the molecule is Cc1ccc(C(=O)Nc2cc(CN3CCCC3)c(F)c(C(F)(F)F)c2)cc1-n1cc(-c2cnn(C)c2C)nn1. The number of anilines is 1. The van der Waals surface area contributed by atoms with Gasteiger partial charge in [-0.15, -0.1) is 5.10 Å². The van der Waals surface area contributed by atoms with Crippen LogP contribution in [0.15, 0.2) is 42.7 Å². The summed E-state index contributed by atoms with van der Waals surface area (Å²) in [6, 6.07) is 6.77. The zero-order valence-corrected chi connectivity index (χ0v) is 21.7. The summed E-state index contributed by atoms with van der Waals surface area (Å²) in [4.78, 5) is 15.0. The predicted molar refractivity (Wildman–Crippen MR) is 137 cm³/mol. The lowest BCUT2D eigenvalue weighted by molar-refractivity contribution is -0.140. The van der Waals surface area contributed by atoms with Gasteiger partial charge in [0.05, 0.1) is 23.6 Å². The van der Waals surface area contributed by atoms with Crippen molar-refractivity contribution >= 4 is 11.6 Å². The minimum absolute atomic E-state index is 0.0400. The molecule has 3 heterocycles. The van der Waals surface area contributed by atoms with E-state index in [1.165, 1.54) is 10.7 Å². The van der Waals surface area contributed by atoms with Crippen LogP contribution in [0.2, 0.25) is 0 Å². The standard InChI is InChI=1S/C27H27F4N7O/c1-16-6-7-18(11-24(16)38-15-23(34-35-38)21-13-32-36(3)17(21)2)26(39)33-20-10-19(14-37-8-4-5-9-37)25(28)22(12-20)27(29,30)31/h6-7,10-13,15H,4-5,8-9,14H2,1-3H3,(H,33,39). The Hall–Kier alpha value is -4.06. The van der Waals surface area contributed by atoms with E-state index in [9.17, 15) is 22.4 Å². The van der Waals surface area contributed by atoms with E-state index >= 15 is 0 Å². The molecule has 0 aliphatic carbocycles. The quantitative estimate of drug-likeness (QED) is 0.336. The van der Waals surface area contributed by atoms with E-state index < -0.39 is 23.5 Å². The molecule has 0 atom stereocenters. The van der Waals surface area contributed by atoms with Crippen molar-refractivity contribution in [1.29, 1.82) is 0 Å². The molecule has 5 rings (SSSR count). The summed E-state index contributed by atoms with van der Waals surface area (Å²) in [7, 11) is 1.82. The Labute approximate surface area is 222 Å². The number of carbonyl (C=O) groups excluding carboxylic acids is 1. The molecule has 2 aromatic heterocycles. The third kappa shape index (κ3) is 5.42. The van der Waals surface area contributed by atoms with Crippen molar-refractivity contribution in [1.82, 2.24) is 29.7 Å². The van der Waals surface area contributed by atoms with Gasteiger partial charge in [-0.25, -0.2) is 9.07 Å². The average molecular weight is 542 g/mol. The van der Waals surface area contributed by atoms with Crippen molar-refractivity contribution < 1.29 is 22.4 Å². The van der Waals surface area contributed by atoms with Crippen molar-refractivity contribution in [2.24, 2.45) is 7.05 Å². The number of aryl methyl sites for hydroxylation is 2. The van der Waals surface area contributed by atoms with E-state index in [4.69, 9.17) is 0 Å². The van der Waals surface area contributed by atoms with Crippen molar-refractivity contribution in [2.75, 3.05) is 18.4 Å². The topological polar surface area (TPSA) is 80.9 Å². The van der Waals surface area contributed by atoms with E-state index in [-0.39, 0.29) is 23.4 Å². The molecule has 39 heavy (non-hydrogen) atoms. The van der Waals surface area contributed by atoms with E-state index in [2.05, 4.69) is 20.7 Å². The van der Waals surface area contributed by atoms with E-state index in [1.807, 2.05) is 25.8 Å². The lowest BCUT2D eigenvalue weighted by Gasteiger charge is -2.19. The average Bonchev–Trinajstić information content (AvgIpc) is 3.63. The van der Waals surface area contributed by atoms with E-state index in [0.717, 1.165) is 29.7 Å². The summed E-state index contributed by atoms with van der Waals surface area (Å²) in [5.41, 5.74) is 2.28. The highest BCUT2D eigenvalue weighted by Crippen LogP contribution is 2.35. The maximum absolute atomic E-state index is 14.8. The van der Waals surface area contributed by atoms with Crippen molar-refractivity contribution in [3.63, 3.8) is 0 Å². The van der Waals surface area contributed by atoms with Gasteiger partial charge in [-0.1, -0.05) is 11.3 Å². The lowest BCUT2D eigenvalue weighted by Crippen LogP contribution is -2.21. The second-order valence-electron chi connectivity index (χ2n) is 9.75. The Morgan fingerprint density at radius 2 is 1.85 bits per heavy atom. The monoisotopic (exact) mass is 541 g/mol. The summed E-state index contributed by atoms with van der Waals surface area (Å²) in [5.74, 6) is -1.94. The molecule has 4 aromatic rings. The molecule has 1 saturated heterocycles. The minimum atomic E-state index is -4.90. The van der Waals surface area contributed by atoms with Crippen LogP contribution in [-0.4, -0.2) is 48.7 Å². The van der Waals surface area contributed by atoms with Crippen molar-refractivity contribution in [2.45, 2.75) is 39.4 Å². The zero-order chi connectivity index (χ0) is 27.9. The molecular weight excluding hydrogens is 514 g/mol. The molecule has 1 N–H and O–H groups in total. The van der Waals surface area contributed by atoms with Crippen LogP contribution in [0.3, 0.4) is 0 Å². The highest BCUT2D eigenvalue weighted by Gasteiger charge is 2.36. The number of halogens is 4. The van der Waals surface area contributed by atoms with Gasteiger partial charge < -0.3 is 5.32 Å². The predicted octanol–water partition coefficient (Wildman–Crippen LogP) is 5.29.